The quantitative estimate of drug-likeness (QED) is 0.313. The summed E-state index contributed by atoms with van der Waals surface area (Å²) < 4.78 is 2.04. The number of halogens is 2. The average molecular weight is 463 g/mol. The molecule has 1 aliphatic rings. The van der Waals surface area contributed by atoms with Crippen LogP contribution in [0.2, 0.25) is 10.0 Å². The maximum absolute atomic E-state index is 13.6. The first-order chi connectivity index (χ1) is 15.6. The van der Waals surface area contributed by atoms with Crippen LogP contribution in [0.5, 0.6) is 0 Å². The molecule has 5 rings (SSSR count). The number of carbonyl (C=O) groups is 1. The predicted molar refractivity (Wildman–Crippen MR) is 129 cm³/mol. The maximum atomic E-state index is 13.6. The van der Waals surface area contributed by atoms with Gasteiger partial charge in [0.1, 0.15) is 5.84 Å². The second-order valence-corrected chi connectivity index (χ2v) is 8.52. The van der Waals surface area contributed by atoms with E-state index in [1.807, 2.05) is 35.0 Å². The van der Waals surface area contributed by atoms with Crippen molar-refractivity contribution in [3.05, 3.63) is 94.5 Å². The van der Waals surface area contributed by atoms with Gasteiger partial charge in [0.15, 0.2) is 0 Å². The van der Waals surface area contributed by atoms with Crippen molar-refractivity contribution >= 4 is 51.4 Å². The van der Waals surface area contributed by atoms with Gasteiger partial charge >= 0.3 is 0 Å². The van der Waals surface area contributed by atoms with Crippen LogP contribution in [0.3, 0.4) is 0 Å². The molecule has 1 aliphatic heterocycles. The molecule has 0 saturated heterocycles. The lowest BCUT2D eigenvalue weighted by atomic mass is 10.0. The fourth-order valence-corrected chi connectivity index (χ4v) is 4.35. The molecule has 0 spiro atoms. The normalized spacial score (nSPS) is 12.2. The molecule has 0 radical (unpaired) electrons. The molecule has 4 aromatic rings. The zero-order valence-electron chi connectivity index (χ0n) is 17.2. The van der Waals surface area contributed by atoms with Crippen LogP contribution in [-0.2, 0) is 6.54 Å². The van der Waals surface area contributed by atoms with E-state index < -0.39 is 0 Å². The van der Waals surface area contributed by atoms with Gasteiger partial charge < -0.3 is 4.57 Å². The number of hydrogen-bond acceptors (Lipinski definition) is 3. The molecule has 160 valence electrons. The zero-order valence-corrected chi connectivity index (χ0v) is 18.7. The summed E-state index contributed by atoms with van der Waals surface area (Å²) in [6.07, 6.45) is 7.24. The van der Waals surface area contributed by atoms with Crippen LogP contribution in [0.1, 0.15) is 28.8 Å². The number of benzene rings is 3. The monoisotopic (exact) mass is 462 g/mol. The molecule has 3 aromatic carbocycles. The van der Waals surface area contributed by atoms with Crippen molar-refractivity contribution in [3.63, 3.8) is 0 Å². The molecule has 7 heteroatoms. The highest BCUT2D eigenvalue weighted by Gasteiger charge is 2.28. The van der Waals surface area contributed by atoms with Gasteiger partial charge in [0, 0.05) is 42.0 Å². The lowest BCUT2D eigenvalue weighted by molar-refractivity contribution is 0.0846. The Morgan fingerprint density at radius 3 is 2.62 bits per heavy atom. The van der Waals surface area contributed by atoms with Gasteiger partial charge in [-0.2, -0.15) is 0 Å². The molecule has 2 heterocycles. The number of amidine groups is 1. The van der Waals surface area contributed by atoms with Gasteiger partial charge in [0.25, 0.3) is 5.91 Å². The minimum Gasteiger partial charge on any atom is -0.337 e. The van der Waals surface area contributed by atoms with Crippen LogP contribution < -0.4 is 0 Å². The van der Waals surface area contributed by atoms with Crippen molar-refractivity contribution < 1.29 is 4.79 Å². The number of nitrogens with zero attached hydrogens (tertiary/aromatic N) is 4. The summed E-state index contributed by atoms with van der Waals surface area (Å²) in [6, 6.07) is 17.1. The van der Waals surface area contributed by atoms with E-state index in [1.54, 1.807) is 35.6 Å². The van der Waals surface area contributed by atoms with Crippen molar-refractivity contribution in [1.29, 1.82) is 0 Å². The summed E-state index contributed by atoms with van der Waals surface area (Å²) in [5, 5.41) is 2.97. The summed E-state index contributed by atoms with van der Waals surface area (Å²) in [6.45, 7) is 1.38. The van der Waals surface area contributed by atoms with Crippen molar-refractivity contribution in [2.75, 3.05) is 6.54 Å². The van der Waals surface area contributed by atoms with Crippen LogP contribution in [0.4, 0.5) is 5.69 Å². The number of aryl methyl sites for hydroxylation is 1. The molecule has 32 heavy (non-hydrogen) atoms. The standard InChI is InChI=1S/C25H20Cl2N4O/c26-20-10-9-18(15-21(20)27)25(32)31(13-2-1-12-30-14-11-28-16-30)24-19-7-3-5-17-6-4-8-22(29-24)23(17)19/h3-11,14-16H,1-2,12-13H2. The van der Waals surface area contributed by atoms with E-state index in [4.69, 9.17) is 28.2 Å². The molecule has 0 unspecified atom stereocenters. The largest absolute Gasteiger partial charge is 0.337 e. The van der Waals surface area contributed by atoms with Gasteiger partial charge in [0.2, 0.25) is 0 Å². The Morgan fingerprint density at radius 1 is 1.00 bits per heavy atom. The Bertz CT molecular complexity index is 1330. The summed E-state index contributed by atoms with van der Waals surface area (Å²) in [5.41, 5.74) is 2.35. The molecule has 1 aromatic heterocycles. The number of hydrogen-bond donors (Lipinski definition) is 0. The van der Waals surface area contributed by atoms with Crippen LogP contribution >= 0.6 is 23.2 Å². The number of rotatable bonds is 6. The van der Waals surface area contributed by atoms with E-state index in [2.05, 4.69) is 17.1 Å². The molecule has 0 atom stereocenters. The van der Waals surface area contributed by atoms with Gasteiger partial charge in [-0.1, -0.05) is 53.5 Å². The van der Waals surface area contributed by atoms with Crippen molar-refractivity contribution in [3.8, 4) is 0 Å². The fraction of sp³-hybridized carbons (Fsp3) is 0.160. The Morgan fingerprint density at radius 2 is 1.84 bits per heavy atom. The molecule has 0 saturated carbocycles. The zero-order chi connectivity index (χ0) is 22.1. The van der Waals surface area contributed by atoms with Crippen molar-refractivity contribution in [2.24, 2.45) is 4.99 Å². The Balaban J connectivity index is 1.46. The molecular weight excluding hydrogens is 443 g/mol. The summed E-state index contributed by atoms with van der Waals surface area (Å²) in [4.78, 5) is 24.3. The summed E-state index contributed by atoms with van der Waals surface area (Å²) >= 11 is 12.3. The topological polar surface area (TPSA) is 50.5 Å². The van der Waals surface area contributed by atoms with Gasteiger partial charge in [-0.05, 0) is 42.5 Å². The van der Waals surface area contributed by atoms with Gasteiger partial charge in [-0.25, -0.2) is 9.98 Å². The van der Waals surface area contributed by atoms with E-state index in [9.17, 15) is 4.79 Å². The Hall–Kier alpha value is -3.15. The number of imidazole rings is 1. The fourth-order valence-electron chi connectivity index (χ4n) is 4.05. The van der Waals surface area contributed by atoms with Gasteiger partial charge in [0.05, 0.1) is 22.1 Å². The number of aromatic nitrogens is 2. The molecule has 0 bridgehead atoms. The van der Waals surface area contributed by atoms with Gasteiger partial charge in [-0.3, -0.25) is 9.69 Å². The minimum atomic E-state index is -0.144. The molecule has 0 aliphatic carbocycles. The van der Waals surface area contributed by atoms with E-state index in [-0.39, 0.29) is 5.91 Å². The SMILES string of the molecule is O=C(c1ccc(Cl)c(Cl)c1)N(CCCCn1ccnc1)C1=Nc2cccc3cccc1c23. The predicted octanol–water partition coefficient (Wildman–Crippen LogP) is 6.36. The minimum absolute atomic E-state index is 0.144. The number of unbranched alkanes of at least 4 members (excludes halogenated alkanes) is 1. The second-order valence-electron chi connectivity index (χ2n) is 7.71. The number of carbonyl (C=O) groups excluding carboxylic acids is 1. The first-order valence-corrected chi connectivity index (χ1v) is 11.2. The van der Waals surface area contributed by atoms with Crippen LogP contribution in [0, 0.1) is 0 Å². The van der Waals surface area contributed by atoms with Crippen molar-refractivity contribution in [2.45, 2.75) is 19.4 Å². The molecular formula is C25H20Cl2N4O. The van der Waals surface area contributed by atoms with E-state index in [1.165, 1.54) is 0 Å². The lowest BCUT2D eigenvalue weighted by Crippen LogP contribution is -2.37. The van der Waals surface area contributed by atoms with E-state index >= 15 is 0 Å². The van der Waals surface area contributed by atoms with E-state index in [0.29, 0.717) is 28.0 Å². The number of amides is 1. The summed E-state index contributed by atoms with van der Waals surface area (Å²) in [5.74, 6) is 0.533. The molecule has 0 fully saturated rings. The van der Waals surface area contributed by atoms with Gasteiger partial charge in [-0.15, -0.1) is 0 Å². The Labute approximate surface area is 195 Å². The third kappa shape index (κ3) is 3.90. The first kappa shape index (κ1) is 20.7. The number of aliphatic imine (C=N–C) groups is 1. The second kappa shape index (κ2) is 8.77. The highest BCUT2D eigenvalue weighted by molar-refractivity contribution is 6.42. The molecule has 5 nitrogen and oxygen atoms in total. The van der Waals surface area contributed by atoms with Crippen LogP contribution in [0.25, 0.3) is 10.8 Å². The average Bonchev–Trinajstić information content (AvgIpc) is 3.45. The molecule has 0 N–H and O–H groups in total. The summed E-state index contributed by atoms with van der Waals surface area (Å²) in [7, 11) is 0. The maximum Gasteiger partial charge on any atom is 0.259 e. The third-order valence-electron chi connectivity index (χ3n) is 5.62. The van der Waals surface area contributed by atoms with Crippen LogP contribution in [0.15, 0.2) is 78.3 Å². The lowest BCUT2D eigenvalue weighted by Gasteiger charge is -2.24. The third-order valence-corrected chi connectivity index (χ3v) is 6.36. The highest BCUT2D eigenvalue weighted by Crippen LogP contribution is 2.36. The molecule has 1 amide bonds. The van der Waals surface area contributed by atoms with Crippen molar-refractivity contribution in [1.82, 2.24) is 14.5 Å². The highest BCUT2D eigenvalue weighted by atomic mass is 35.5. The smallest absolute Gasteiger partial charge is 0.259 e. The Kier molecular flexibility index (Phi) is 5.68. The first-order valence-electron chi connectivity index (χ1n) is 10.5. The van der Waals surface area contributed by atoms with Crippen LogP contribution in [-0.4, -0.2) is 32.7 Å². The van der Waals surface area contributed by atoms with E-state index in [0.717, 1.165) is 41.4 Å².